The van der Waals surface area contributed by atoms with Gasteiger partial charge < -0.3 is 14.6 Å². The second-order valence-corrected chi connectivity index (χ2v) is 6.67. The standard InChI is InChI=1S/C14H23N3O2S/c1-10(2)12-7-15-14(20-9-13(18)19)17(12)11-5-4-6-16(3)8-11/h7,10-11H,4-6,8-9H2,1-3H3,(H,18,19). The minimum absolute atomic E-state index is 0.0666. The molecule has 6 heteroatoms. The van der Waals surface area contributed by atoms with E-state index in [-0.39, 0.29) is 5.75 Å². The van der Waals surface area contributed by atoms with E-state index >= 15 is 0 Å². The summed E-state index contributed by atoms with van der Waals surface area (Å²) in [6, 6.07) is 0.407. The van der Waals surface area contributed by atoms with Crippen LogP contribution in [0.2, 0.25) is 0 Å². The van der Waals surface area contributed by atoms with Crippen molar-refractivity contribution in [3.05, 3.63) is 11.9 Å². The van der Waals surface area contributed by atoms with Crippen LogP contribution in [0.5, 0.6) is 0 Å². The van der Waals surface area contributed by atoms with Crippen LogP contribution in [-0.2, 0) is 4.79 Å². The Morgan fingerprint density at radius 1 is 1.60 bits per heavy atom. The van der Waals surface area contributed by atoms with Crippen molar-refractivity contribution in [2.24, 2.45) is 0 Å². The fraction of sp³-hybridized carbons (Fsp3) is 0.714. The lowest BCUT2D eigenvalue weighted by atomic mass is 10.0. The van der Waals surface area contributed by atoms with Crippen LogP contribution < -0.4 is 0 Å². The van der Waals surface area contributed by atoms with Crippen molar-refractivity contribution in [1.82, 2.24) is 14.5 Å². The highest BCUT2D eigenvalue weighted by Gasteiger charge is 2.25. The quantitative estimate of drug-likeness (QED) is 0.846. The molecule has 1 atom stereocenters. The normalized spacial score (nSPS) is 20.5. The van der Waals surface area contributed by atoms with Gasteiger partial charge in [0.1, 0.15) is 0 Å². The number of aromatic nitrogens is 2. The predicted molar refractivity (Wildman–Crippen MR) is 80.4 cm³/mol. The van der Waals surface area contributed by atoms with E-state index in [0.29, 0.717) is 12.0 Å². The molecule has 1 aromatic heterocycles. The fourth-order valence-corrected chi connectivity index (χ4v) is 3.51. The Morgan fingerprint density at radius 3 is 2.95 bits per heavy atom. The van der Waals surface area contributed by atoms with Gasteiger partial charge >= 0.3 is 5.97 Å². The summed E-state index contributed by atoms with van der Waals surface area (Å²) < 4.78 is 2.27. The number of likely N-dealkylation sites (tertiary alicyclic amines) is 1. The SMILES string of the molecule is CC(C)c1cnc(SCC(=O)O)n1C1CCCN(C)C1. The largest absolute Gasteiger partial charge is 0.481 e. The van der Waals surface area contributed by atoms with Gasteiger partial charge in [0.15, 0.2) is 5.16 Å². The zero-order chi connectivity index (χ0) is 14.7. The highest BCUT2D eigenvalue weighted by molar-refractivity contribution is 7.99. The van der Waals surface area contributed by atoms with Crippen LogP contribution in [0.3, 0.4) is 0 Å². The third-order valence-corrected chi connectivity index (χ3v) is 4.62. The van der Waals surface area contributed by atoms with Crippen LogP contribution in [0.1, 0.15) is 44.3 Å². The molecular weight excluding hydrogens is 274 g/mol. The number of hydrogen-bond acceptors (Lipinski definition) is 4. The van der Waals surface area contributed by atoms with E-state index < -0.39 is 5.97 Å². The van der Waals surface area contributed by atoms with Gasteiger partial charge in [-0.25, -0.2) is 4.98 Å². The van der Waals surface area contributed by atoms with Crippen molar-refractivity contribution in [2.45, 2.75) is 43.8 Å². The molecule has 20 heavy (non-hydrogen) atoms. The first-order chi connectivity index (χ1) is 9.49. The molecule has 1 saturated heterocycles. The number of hydrogen-bond donors (Lipinski definition) is 1. The number of likely N-dealkylation sites (N-methyl/N-ethyl adjacent to an activating group) is 1. The smallest absolute Gasteiger partial charge is 0.313 e. The highest BCUT2D eigenvalue weighted by Crippen LogP contribution is 2.31. The van der Waals surface area contributed by atoms with E-state index in [9.17, 15) is 4.79 Å². The van der Waals surface area contributed by atoms with Gasteiger partial charge in [-0.3, -0.25) is 4.79 Å². The van der Waals surface area contributed by atoms with Crippen LogP contribution in [0.25, 0.3) is 0 Å². The average Bonchev–Trinajstić information content (AvgIpc) is 2.80. The molecule has 1 unspecified atom stereocenters. The molecular formula is C14H23N3O2S. The van der Waals surface area contributed by atoms with Crippen molar-refractivity contribution < 1.29 is 9.90 Å². The summed E-state index contributed by atoms with van der Waals surface area (Å²) >= 11 is 1.32. The first-order valence-corrected chi connectivity index (χ1v) is 8.08. The number of carboxylic acid groups (broad SMARTS) is 1. The molecule has 0 radical (unpaired) electrons. The van der Waals surface area contributed by atoms with Gasteiger partial charge in [0.05, 0.1) is 5.75 Å². The van der Waals surface area contributed by atoms with Crippen LogP contribution >= 0.6 is 11.8 Å². The summed E-state index contributed by atoms with van der Waals surface area (Å²) in [5.41, 5.74) is 1.21. The number of piperidine rings is 1. The van der Waals surface area contributed by atoms with Crippen molar-refractivity contribution in [3.8, 4) is 0 Å². The number of carboxylic acids is 1. The zero-order valence-corrected chi connectivity index (χ0v) is 13.2. The van der Waals surface area contributed by atoms with E-state index in [2.05, 4.69) is 35.3 Å². The lowest BCUT2D eigenvalue weighted by molar-refractivity contribution is -0.133. The van der Waals surface area contributed by atoms with Crippen LogP contribution in [0.4, 0.5) is 0 Å². The molecule has 0 amide bonds. The third-order valence-electron chi connectivity index (χ3n) is 3.67. The molecule has 0 saturated carbocycles. The Hall–Kier alpha value is -1.01. The van der Waals surface area contributed by atoms with Crippen LogP contribution in [0, 0.1) is 0 Å². The molecule has 2 rings (SSSR count). The summed E-state index contributed by atoms with van der Waals surface area (Å²) in [4.78, 5) is 17.6. The third kappa shape index (κ3) is 3.55. The molecule has 112 valence electrons. The van der Waals surface area contributed by atoms with Crippen LogP contribution in [-0.4, -0.2) is 51.4 Å². The Balaban J connectivity index is 2.26. The lowest BCUT2D eigenvalue weighted by Gasteiger charge is -2.33. The van der Waals surface area contributed by atoms with E-state index in [1.165, 1.54) is 23.9 Å². The Kier molecular flexibility index (Phi) is 5.10. The number of aliphatic carboxylic acids is 1. The summed E-state index contributed by atoms with van der Waals surface area (Å²) in [5.74, 6) is -0.331. The number of nitrogens with zero attached hydrogens (tertiary/aromatic N) is 3. The lowest BCUT2D eigenvalue weighted by Crippen LogP contribution is -2.34. The Labute approximate surface area is 124 Å². The molecule has 2 heterocycles. The molecule has 1 aliphatic rings. The van der Waals surface area contributed by atoms with Crippen LogP contribution in [0.15, 0.2) is 11.4 Å². The van der Waals surface area contributed by atoms with Gasteiger partial charge in [0.25, 0.3) is 0 Å². The molecule has 0 bridgehead atoms. The van der Waals surface area contributed by atoms with E-state index in [1.54, 1.807) is 0 Å². The molecule has 0 spiro atoms. The molecule has 1 N–H and O–H groups in total. The van der Waals surface area contributed by atoms with Crippen molar-refractivity contribution in [2.75, 3.05) is 25.9 Å². The zero-order valence-electron chi connectivity index (χ0n) is 12.4. The fourth-order valence-electron chi connectivity index (χ4n) is 2.73. The molecule has 1 fully saturated rings. The van der Waals surface area contributed by atoms with Gasteiger partial charge in [-0.15, -0.1) is 0 Å². The van der Waals surface area contributed by atoms with Gasteiger partial charge in [0.2, 0.25) is 0 Å². The molecule has 0 aromatic carbocycles. The monoisotopic (exact) mass is 297 g/mol. The van der Waals surface area contributed by atoms with Gasteiger partial charge in [0, 0.05) is 24.5 Å². The highest BCUT2D eigenvalue weighted by atomic mass is 32.2. The molecule has 0 aliphatic carbocycles. The van der Waals surface area contributed by atoms with E-state index in [0.717, 1.165) is 24.7 Å². The number of thioether (sulfide) groups is 1. The Morgan fingerprint density at radius 2 is 2.35 bits per heavy atom. The van der Waals surface area contributed by atoms with Gasteiger partial charge in [-0.1, -0.05) is 25.6 Å². The summed E-state index contributed by atoms with van der Waals surface area (Å²) in [5, 5.41) is 9.71. The van der Waals surface area contributed by atoms with E-state index in [1.807, 2.05) is 6.20 Å². The maximum atomic E-state index is 10.8. The minimum Gasteiger partial charge on any atom is -0.481 e. The Bertz CT molecular complexity index is 473. The minimum atomic E-state index is -0.795. The molecule has 5 nitrogen and oxygen atoms in total. The maximum absolute atomic E-state index is 10.8. The second-order valence-electron chi connectivity index (χ2n) is 5.73. The summed E-state index contributed by atoms with van der Waals surface area (Å²) in [6.07, 6.45) is 4.23. The summed E-state index contributed by atoms with van der Waals surface area (Å²) in [6.45, 7) is 6.47. The number of carbonyl (C=O) groups is 1. The van der Waals surface area contributed by atoms with Gasteiger partial charge in [-0.05, 0) is 32.4 Å². The molecule has 1 aliphatic heterocycles. The second kappa shape index (κ2) is 6.63. The first-order valence-electron chi connectivity index (χ1n) is 7.09. The maximum Gasteiger partial charge on any atom is 0.313 e. The summed E-state index contributed by atoms with van der Waals surface area (Å²) in [7, 11) is 2.14. The predicted octanol–water partition coefficient (Wildman–Crippen LogP) is 2.45. The number of rotatable bonds is 5. The average molecular weight is 297 g/mol. The topological polar surface area (TPSA) is 58.4 Å². The van der Waals surface area contributed by atoms with Crippen molar-refractivity contribution >= 4 is 17.7 Å². The molecule has 1 aromatic rings. The van der Waals surface area contributed by atoms with Crippen molar-refractivity contribution in [1.29, 1.82) is 0 Å². The van der Waals surface area contributed by atoms with E-state index in [4.69, 9.17) is 5.11 Å². The first kappa shape index (κ1) is 15.4. The van der Waals surface area contributed by atoms with Gasteiger partial charge in [-0.2, -0.15) is 0 Å². The number of imidazole rings is 1. The van der Waals surface area contributed by atoms with Crippen molar-refractivity contribution in [3.63, 3.8) is 0 Å².